The molecule has 0 spiro atoms. The Morgan fingerprint density at radius 2 is 1.94 bits per heavy atom. The van der Waals surface area contributed by atoms with Gasteiger partial charge in [-0.05, 0) is 24.3 Å². The summed E-state index contributed by atoms with van der Waals surface area (Å²) in [5.41, 5.74) is 6.00. The molecule has 0 fully saturated rings. The van der Waals surface area contributed by atoms with Gasteiger partial charge in [0.15, 0.2) is 5.76 Å². The summed E-state index contributed by atoms with van der Waals surface area (Å²) in [6, 6.07) is 6.05. The fourth-order valence-corrected chi connectivity index (χ4v) is 1.22. The number of nitrogens with two attached hydrogens (primary N) is 1. The van der Waals surface area contributed by atoms with Gasteiger partial charge in [0.05, 0.1) is 6.20 Å². The number of nitrogen functional groups attached to an aromatic ring is 1. The molecule has 2 aromatic rings. The molecular weight excluding hydrogens is 218 g/mol. The van der Waals surface area contributed by atoms with Crippen molar-refractivity contribution >= 4 is 6.01 Å². The monoisotopic (exact) mass is 226 g/mol. The maximum absolute atomic E-state index is 11.9. The average molecular weight is 226 g/mol. The molecule has 0 aliphatic heterocycles. The Kier molecular flexibility index (Phi) is 2.72. The highest BCUT2D eigenvalue weighted by Crippen LogP contribution is 2.24. The van der Waals surface area contributed by atoms with E-state index >= 15 is 0 Å². The van der Waals surface area contributed by atoms with Crippen LogP contribution in [0.2, 0.25) is 0 Å². The number of nitrogens with zero attached hydrogens (tertiary/aromatic N) is 1. The van der Waals surface area contributed by atoms with Crippen molar-refractivity contribution < 1.29 is 17.9 Å². The predicted octanol–water partition coefficient (Wildman–Crippen LogP) is 2.53. The van der Waals surface area contributed by atoms with Crippen LogP contribution in [0.25, 0.3) is 11.3 Å². The van der Waals surface area contributed by atoms with Crippen molar-refractivity contribution in [3.05, 3.63) is 30.5 Å². The molecule has 4 nitrogen and oxygen atoms in total. The Balaban J connectivity index is 2.19. The highest BCUT2D eigenvalue weighted by molar-refractivity contribution is 5.58. The summed E-state index contributed by atoms with van der Waals surface area (Å²) in [6.45, 7) is -2.83. The van der Waals surface area contributed by atoms with Crippen LogP contribution in [0.15, 0.2) is 34.9 Å². The van der Waals surface area contributed by atoms with Crippen LogP contribution in [0.5, 0.6) is 5.75 Å². The largest absolute Gasteiger partial charge is 0.435 e. The van der Waals surface area contributed by atoms with Gasteiger partial charge in [-0.2, -0.15) is 8.78 Å². The molecular formula is C10H8F2N2O2. The summed E-state index contributed by atoms with van der Waals surface area (Å²) >= 11 is 0. The molecule has 0 amide bonds. The minimum Gasteiger partial charge on any atom is -0.435 e. The minimum absolute atomic E-state index is 0.0582. The number of rotatable bonds is 3. The van der Waals surface area contributed by atoms with Gasteiger partial charge in [-0.15, -0.1) is 0 Å². The molecule has 84 valence electrons. The lowest BCUT2D eigenvalue weighted by Gasteiger charge is -2.04. The van der Waals surface area contributed by atoms with E-state index in [0.29, 0.717) is 11.3 Å². The first kappa shape index (κ1) is 10.4. The summed E-state index contributed by atoms with van der Waals surface area (Å²) in [5.74, 6) is 0.562. The molecule has 0 bridgehead atoms. The third kappa shape index (κ3) is 2.28. The molecule has 0 radical (unpaired) electrons. The topological polar surface area (TPSA) is 61.3 Å². The number of halogens is 2. The molecule has 1 aromatic carbocycles. The minimum atomic E-state index is -2.83. The van der Waals surface area contributed by atoms with Crippen LogP contribution < -0.4 is 10.5 Å². The maximum atomic E-state index is 11.9. The van der Waals surface area contributed by atoms with E-state index < -0.39 is 6.61 Å². The Hall–Kier alpha value is -2.11. The zero-order valence-electron chi connectivity index (χ0n) is 8.06. The van der Waals surface area contributed by atoms with Gasteiger partial charge in [0.25, 0.3) is 6.01 Å². The second-order valence-electron chi connectivity index (χ2n) is 2.97. The smallest absolute Gasteiger partial charge is 0.387 e. The van der Waals surface area contributed by atoms with E-state index in [1.807, 2.05) is 0 Å². The standard InChI is InChI=1S/C10H8F2N2O2/c11-9(12)15-7-3-1-6(2-4-7)8-5-14-10(13)16-8/h1-5,9H,(H2,13,14). The zero-order valence-corrected chi connectivity index (χ0v) is 8.06. The lowest BCUT2D eigenvalue weighted by molar-refractivity contribution is -0.0498. The first-order chi connectivity index (χ1) is 7.65. The molecule has 1 heterocycles. The van der Waals surface area contributed by atoms with Gasteiger partial charge in [-0.25, -0.2) is 4.98 Å². The van der Waals surface area contributed by atoms with Crippen LogP contribution >= 0.6 is 0 Å². The summed E-state index contributed by atoms with van der Waals surface area (Å²) in [5, 5.41) is 0. The zero-order chi connectivity index (χ0) is 11.5. The van der Waals surface area contributed by atoms with Crippen molar-refractivity contribution in [3.8, 4) is 17.1 Å². The fourth-order valence-electron chi connectivity index (χ4n) is 1.22. The van der Waals surface area contributed by atoms with Crippen molar-refractivity contribution in [2.45, 2.75) is 6.61 Å². The van der Waals surface area contributed by atoms with Crippen molar-refractivity contribution in [2.75, 3.05) is 5.73 Å². The lowest BCUT2D eigenvalue weighted by atomic mass is 10.2. The van der Waals surface area contributed by atoms with Crippen molar-refractivity contribution in [1.82, 2.24) is 4.98 Å². The molecule has 1 aromatic heterocycles. The van der Waals surface area contributed by atoms with E-state index in [2.05, 4.69) is 9.72 Å². The average Bonchev–Trinajstić information content (AvgIpc) is 2.65. The molecule has 0 saturated carbocycles. The van der Waals surface area contributed by atoms with Gasteiger partial charge in [0, 0.05) is 5.56 Å². The van der Waals surface area contributed by atoms with Gasteiger partial charge < -0.3 is 14.9 Å². The molecule has 2 rings (SSSR count). The Morgan fingerprint density at radius 1 is 1.25 bits per heavy atom. The van der Waals surface area contributed by atoms with Crippen molar-refractivity contribution in [1.29, 1.82) is 0 Å². The number of hydrogen-bond donors (Lipinski definition) is 1. The molecule has 0 aliphatic rings. The van der Waals surface area contributed by atoms with E-state index in [1.54, 1.807) is 12.1 Å². The van der Waals surface area contributed by atoms with E-state index in [-0.39, 0.29) is 11.8 Å². The third-order valence-corrected chi connectivity index (χ3v) is 1.89. The first-order valence-electron chi connectivity index (χ1n) is 4.42. The maximum Gasteiger partial charge on any atom is 0.387 e. The predicted molar refractivity (Wildman–Crippen MR) is 53.0 cm³/mol. The Morgan fingerprint density at radius 3 is 2.44 bits per heavy atom. The van der Waals surface area contributed by atoms with Crippen LogP contribution in [0.1, 0.15) is 0 Å². The number of ether oxygens (including phenoxy) is 1. The highest BCUT2D eigenvalue weighted by Gasteiger charge is 2.06. The molecule has 0 saturated heterocycles. The summed E-state index contributed by atoms with van der Waals surface area (Å²) < 4.78 is 33.0. The molecule has 0 aliphatic carbocycles. The normalized spacial score (nSPS) is 10.7. The number of benzene rings is 1. The molecule has 16 heavy (non-hydrogen) atoms. The first-order valence-corrected chi connectivity index (χ1v) is 4.42. The van der Waals surface area contributed by atoms with Crippen LogP contribution in [-0.4, -0.2) is 11.6 Å². The van der Waals surface area contributed by atoms with Crippen molar-refractivity contribution in [2.24, 2.45) is 0 Å². The molecule has 0 unspecified atom stereocenters. The van der Waals surface area contributed by atoms with Gasteiger partial charge >= 0.3 is 6.61 Å². The number of alkyl halides is 2. The molecule has 2 N–H and O–H groups in total. The van der Waals surface area contributed by atoms with Crippen LogP contribution in [0, 0.1) is 0 Å². The van der Waals surface area contributed by atoms with Crippen LogP contribution in [0.4, 0.5) is 14.8 Å². The van der Waals surface area contributed by atoms with E-state index in [4.69, 9.17) is 10.2 Å². The number of aromatic nitrogens is 1. The number of hydrogen-bond acceptors (Lipinski definition) is 4. The van der Waals surface area contributed by atoms with E-state index in [9.17, 15) is 8.78 Å². The summed E-state index contributed by atoms with van der Waals surface area (Å²) in [6.07, 6.45) is 1.46. The van der Waals surface area contributed by atoms with Gasteiger partial charge in [0.2, 0.25) is 0 Å². The quantitative estimate of drug-likeness (QED) is 0.873. The Labute approximate surface area is 89.7 Å². The number of oxazole rings is 1. The Bertz CT molecular complexity index is 468. The van der Waals surface area contributed by atoms with Crippen molar-refractivity contribution in [3.63, 3.8) is 0 Å². The second-order valence-corrected chi connectivity index (χ2v) is 2.97. The van der Waals surface area contributed by atoms with E-state index in [1.165, 1.54) is 18.3 Å². The summed E-state index contributed by atoms with van der Waals surface area (Å²) in [7, 11) is 0. The summed E-state index contributed by atoms with van der Waals surface area (Å²) in [4.78, 5) is 3.72. The molecule has 0 atom stereocenters. The van der Waals surface area contributed by atoms with Crippen LogP contribution in [-0.2, 0) is 0 Å². The third-order valence-electron chi connectivity index (χ3n) is 1.89. The second kappa shape index (κ2) is 4.18. The number of anilines is 1. The lowest BCUT2D eigenvalue weighted by Crippen LogP contribution is -2.01. The van der Waals surface area contributed by atoms with E-state index in [0.717, 1.165) is 0 Å². The SMILES string of the molecule is Nc1ncc(-c2ccc(OC(F)F)cc2)o1. The van der Waals surface area contributed by atoms with Gasteiger partial charge in [-0.3, -0.25) is 0 Å². The fraction of sp³-hybridized carbons (Fsp3) is 0.100. The van der Waals surface area contributed by atoms with Crippen LogP contribution in [0.3, 0.4) is 0 Å². The van der Waals surface area contributed by atoms with Gasteiger partial charge in [0.1, 0.15) is 5.75 Å². The van der Waals surface area contributed by atoms with Gasteiger partial charge in [-0.1, -0.05) is 0 Å². The molecule has 6 heteroatoms. The highest BCUT2D eigenvalue weighted by atomic mass is 19.3.